The van der Waals surface area contributed by atoms with Crippen LogP contribution in [-0.2, 0) is 4.79 Å². The monoisotopic (exact) mass is 486 g/mol. The predicted octanol–water partition coefficient (Wildman–Crippen LogP) is 4.23. The minimum Gasteiger partial charge on any atom is -0.493 e. The second-order valence-corrected chi connectivity index (χ2v) is 9.15. The molecule has 0 saturated carbocycles. The molecule has 8 heteroatoms. The highest BCUT2D eigenvalue weighted by Crippen LogP contribution is 2.44. The second kappa shape index (κ2) is 10.6. The summed E-state index contributed by atoms with van der Waals surface area (Å²) in [5, 5.41) is 0.405. The maximum atomic E-state index is 13.7. The Balaban J connectivity index is 1.71. The van der Waals surface area contributed by atoms with Crippen molar-refractivity contribution in [3.05, 3.63) is 52.5 Å². The van der Waals surface area contributed by atoms with Crippen LogP contribution in [0.5, 0.6) is 17.2 Å². The number of benzene rings is 2. The smallest absolute Gasteiger partial charge is 0.255 e. The summed E-state index contributed by atoms with van der Waals surface area (Å²) in [4.78, 5) is 30.7. The number of hydrogen-bond acceptors (Lipinski definition) is 5. The molecule has 4 rings (SSSR count). The number of hydrogen-bond donors (Lipinski definition) is 0. The van der Waals surface area contributed by atoms with Gasteiger partial charge in [-0.2, -0.15) is 0 Å². The van der Waals surface area contributed by atoms with Crippen molar-refractivity contribution in [3.8, 4) is 17.2 Å². The minimum atomic E-state index is -0.368. The first-order chi connectivity index (χ1) is 16.5. The van der Waals surface area contributed by atoms with Crippen molar-refractivity contribution >= 4 is 23.4 Å². The zero-order valence-electron chi connectivity index (χ0n) is 19.9. The Hall–Kier alpha value is -2.93. The summed E-state index contributed by atoms with van der Waals surface area (Å²) in [6.07, 6.45) is 3.16. The number of rotatable bonds is 6. The van der Waals surface area contributed by atoms with Gasteiger partial charge in [0.2, 0.25) is 11.7 Å². The van der Waals surface area contributed by atoms with Gasteiger partial charge in [-0.25, -0.2) is 0 Å². The number of piperidine rings is 1. The van der Waals surface area contributed by atoms with E-state index in [0.29, 0.717) is 40.9 Å². The Morgan fingerprint density at radius 1 is 0.882 bits per heavy atom. The van der Waals surface area contributed by atoms with Crippen molar-refractivity contribution in [2.45, 2.75) is 25.2 Å². The van der Waals surface area contributed by atoms with E-state index in [1.807, 2.05) is 17.0 Å². The number of halogens is 1. The van der Waals surface area contributed by atoms with Crippen LogP contribution in [0.15, 0.2) is 36.4 Å². The van der Waals surface area contributed by atoms with E-state index in [0.717, 1.165) is 37.9 Å². The average molecular weight is 487 g/mol. The van der Waals surface area contributed by atoms with E-state index >= 15 is 0 Å². The van der Waals surface area contributed by atoms with Crippen LogP contribution >= 0.6 is 11.6 Å². The molecule has 0 spiro atoms. The largest absolute Gasteiger partial charge is 0.493 e. The fourth-order valence-electron chi connectivity index (χ4n) is 5.03. The molecule has 182 valence electrons. The normalized spacial score (nSPS) is 20.2. The molecule has 2 atom stereocenters. The lowest BCUT2D eigenvalue weighted by atomic mass is 9.87. The van der Waals surface area contributed by atoms with Gasteiger partial charge in [0.1, 0.15) is 0 Å². The lowest BCUT2D eigenvalue weighted by molar-refractivity contribution is -0.136. The van der Waals surface area contributed by atoms with Gasteiger partial charge in [0.05, 0.1) is 37.8 Å². The molecule has 34 heavy (non-hydrogen) atoms. The molecule has 0 bridgehead atoms. The Kier molecular flexibility index (Phi) is 7.51. The van der Waals surface area contributed by atoms with E-state index in [1.54, 1.807) is 50.5 Å². The van der Waals surface area contributed by atoms with E-state index in [9.17, 15) is 9.59 Å². The second-order valence-electron chi connectivity index (χ2n) is 8.75. The third-order valence-corrected chi connectivity index (χ3v) is 7.14. The zero-order valence-corrected chi connectivity index (χ0v) is 20.6. The number of likely N-dealkylation sites (tertiary alicyclic amines) is 2. The summed E-state index contributed by atoms with van der Waals surface area (Å²) in [6.45, 7) is 2.25. The molecule has 2 aliphatic rings. The molecule has 2 aromatic carbocycles. The minimum absolute atomic E-state index is 0.0907. The van der Waals surface area contributed by atoms with Crippen molar-refractivity contribution in [1.29, 1.82) is 0 Å². The number of amides is 2. The maximum Gasteiger partial charge on any atom is 0.255 e. The van der Waals surface area contributed by atoms with Crippen LogP contribution in [0, 0.1) is 5.92 Å². The quantitative estimate of drug-likeness (QED) is 0.611. The van der Waals surface area contributed by atoms with Gasteiger partial charge in [0.25, 0.3) is 5.91 Å². The van der Waals surface area contributed by atoms with E-state index in [-0.39, 0.29) is 23.7 Å². The fraction of sp³-hybridized carbons (Fsp3) is 0.462. The summed E-state index contributed by atoms with van der Waals surface area (Å²) in [5.74, 6) is 0.885. The first-order valence-electron chi connectivity index (χ1n) is 11.6. The Bertz CT molecular complexity index is 1030. The molecule has 2 unspecified atom stereocenters. The molecule has 2 saturated heterocycles. The van der Waals surface area contributed by atoms with E-state index in [4.69, 9.17) is 25.8 Å². The molecule has 2 heterocycles. The summed E-state index contributed by atoms with van der Waals surface area (Å²) < 4.78 is 16.6. The van der Waals surface area contributed by atoms with Crippen LogP contribution in [0.25, 0.3) is 0 Å². The topological polar surface area (TPSA) is 68.3 Å². The van der Waals surface area contributed by atoms with Crippen molar-refractivity contribution in [3.63, 3.8) is 0 Å². The van der Waals surface area contributed by atoms with Crippen LogP contribution in [-0.4, -0.2) is 69.1 Å². The molecule has 2 aromatic rings. The molecule has 0 N–H and O–H groups in total. The lowest BCUT2D eigenvalue weighted by Crippen LogP contribution is -2.42. The van der Waals surface area contributed by atoms with Crippen LogP contribution in [0.3, 0.4) is 0 Å². The standard InChI is InChI=1S/C26H31ClN2O5/c1-32-22-13-17(14-23(33-2)24(22)34-3)19-15-29(25(30)18-9-5-6-10-21(18)27)16-20(19)26(31)28-11-7-4-8-12-28/h5-6,9-10,13-14,19-20H,4,7-8,11-12,15-16H2,1-3H3. The molecule has 2 aliphatic heterocycles. The number of methoxy groups -OCH3 is 3. The summed E-state index contributed by atoms with van der Waals surface area (Å²) in [7, 11) is 4.70. The van der Waals surface area contributed by atoms with Crippen LogP contribution in [0.1, 0.15) is 41.1 Å². The maximum absolute atomic E-state index is 13.7. The molecule has 0 aromatic heterocycles. The van der Waals surface area contributed by atoms with Crippen molar-refractivity contribution in [1.82, 2.24) is 9.80 Å². The molecule has 2 amide bonds. The SMILES string of the molecule is COc1cc(C2CN(C(=O)c3ccccc3Cl)CC2C(=O)N2CCCCC2)cc(OC)c1OC. The van der Waals surface area contributed by atoms with E-state index < -0.39 is 0 Å². The highest BCUT2D eigenvalue weighted by atomic mass is 35.5. The lowest BCUT2D eigenvalue weighted by Gasteiger charge is -2.31. The molecule has 0 radical (unpaired) electrons. The highest BCUT2D eigenvalue weighted by molar-refractivity contribution is 6.33. The van der Waals surface area contributed by atoms with E-state index in [1.165, 1.54) is 0 Å². The predicted molar refractivity (Wildman–Crippen MR) is 130 cm³/mol. The Morgan fingerprint density at radius 3 is 2.12 bits per heavy atom. The number of ether oxygens (including phenoxy) is 3. The Labute approximate surface area is 205 Å². The van der Waals surface area contributed by atoms with Crippen LogP contribution in [0.4, 0.5) is 0 Å². The third kappa shape index (κ3) is 4.67. The highest BCUT2D eigenvalue weighted by Gasteiger charge is 2.43. The molecular formula is C26H31ClN2O5. The first kappa shape index (κ1) is 24.2. The van der Waals surface area contributed by atoms with Gasteiger partial charge in [0.15, 0.2) is 11.5 Å². The van der Waals surface area contributed by atoms with Gasteiger partial charge in [0, 0.05) is 32.1 Å². The van der Waals surface area contributed by atoms with Gasteiger partial charge in [-0.3, -0.25) is 9.59 Å². The van der Waals surface area contributed by atoms with Gasteiger partial charge in [-0.15, -0.1) is 0 Å². The van der Waals surface area contributed by atoms with Gasteiger partial charge < -0.3 is 24.0 Å². The van der Waals surface area contributed by atoms with Gasteiger partial charge in [-0.05, 0) is 49.1 Å². The van der Waals surface area contributed by atoms with Gasteiger partial charge >= 0.3 is 0 Å². The molecule has 7 nitrogen and oxygen atoms in total. The molecular weight excluding hydrogens is 456 g/mol. The fourth-order valence-corrected chi connectivity index (χ4v) is 5.24. The average Bonchev–Trinajstić information content (AvgIpc) is 3.33. The van der Waals surface area contributed by atoms with Crippen molar-refractivity contribution in [2.24, 2.45) is 5.92 Å². The van der Waals surface area contributed by atoms with Gasteiger partial charge in [-0.1, -0.05) is 23.7 Å². The first-order valence-corrected chi connectivity index (χ1v) is 12.0. The molecule has 0 aliphatic carbocycles. The third-order valence-electron chi connectivity index (χ3n) is 6.81. The summed E-state index contributed by atoms with van der Waals surface area (Å²) in [6, 6.07) is 10.8. The van der Waals surface area contributed by atoms with Crippen LogP contribution < -0.4 is 14.2 Å². The number of nitrogens with zero attached hydrogens (tertiary/aromatic N) is 2. The number of carbonyl (C=O) groups is 2. The van der Waals surface area contributed by atoms with Crippen molar-refractivity contribution in [2.75, 3.05) is 47.5 Å². The molecule has 2 fully saturated rings. The van der Waals surface area contributed by atoms with Crippen LogP contribution in [0.2, 0.25) is 5.02 Å². The Morgan fingerprint density at radius 2 is 1.53 bits per heavy atom. The number of carbonyl (C=O) groups excluding carboxylic acids is 2. The van der Waals surface area contributed by atoms with Crippen molar-refractivity contribution < 1.29 is 23.8 Å². The zero-order chi connectivity index (χ0) is 24.2. The summed E-state index contributed by atoms with van der Waals surface area (Å²) in [5.41, 5.74) is 1.32. The summed E-state index contributed by atoms with van der Waals surface area (Å²) >= 11 is 6.31. The van der Waals surface area contributed by atoms with E-state index in [2.05, 4.69) is 0 Å².